The minimum Gasteiger partial charge on any atom is -0.444 e. The fraction of sp³-hybridized carbons (Fsp3) is 0.600. The third kappa shape index (κ3) is 3.68. The third-order valence-corrected chi connectivity index (χ3v) is 5.22. The van der Waals surface area contributed by atoms with Crippen molar-refractivity contribution in [2.45, 2.75) is 45.0 Å². The zero-order valence-electron chi connectivity index (χ0n) is 13.3. The molecule has 2 aromatic heterocycles. The second kappa shape index (κ2) is 6.05. The highest BCUT2D eigenvalue weighted by Crippen LogP contribution is 2.32. The van der Waals surface area contributed by atoms with Crippen LogP contribution in [0.1, 0.15) is 33.2 Å². The molecule has 0 saturated carbocycles. The van der Waals surface area contributed by atoms with Gasteiger partial charge in [0, 0.05) is 18.1 Å². The molecule has 1 saturated heterocycles. The van der Waals surface area contributed by atoms with Gasteiger partial charge in [0.15, 0.2) is 0 Å². The van der Waals surface area contributed by atoms with Gasteiger partial charge in [-0.25, -0.2) is 9.18 Å². The van der Waals surface area contributed by atoms with Gasteiger partial charge in [0.2, 0.25) is 0 Å². The molecule has 2 aromatic rings. The number of nitrogens with zero attached hydrogens (tertiary/aromatic N) is 3. The SMILES string of the molecule is CC(C)(C)OC(=O)N1CC[C@@H](n2cc3cc(Br)sc3n2)[C@@H](F)C1. The predicted octanol–water partition coefficient (Wildman–Crippen LogP) is 4.38. The number of carbonyl (C=O) groups excluding carboxylic acids is 1. The maximum absolute atomic E-state index is 14.6. The minimum atomic E-state index is -1.16. The van der Waals surface area contributed by atoms with Crippen LogP contribution in [0.5, 0.6) is 0 Å². The number of hydrogen-bond donors (Lipinski definition) is 0. The van der Waals surface area contributed by atoms with Gasteiger partial charge in [-0.1, -0.05) is 0 Å². The monoisotopic (exact) mass is 403 g/mol. The number of hydrogen-bond acceptors (Lipinski definition) is 4. The first kappa shape index (κ1) is 16.7. The highest BCUT2D eigenvalue weighted by atomic mass is 79.9. The molecule has 1 aliphatic rings. The van der Waals surface area contributed by atoms with Crippen molar-refractivity contribution in [1.82, 2.24) is 14.7 Å². The first-order valence-corrected chi connectivity index (χ1v) is 9.10. The molecule has 1 amide bonds. The number of aromatic nitrogens is 2. The van der Waals surface area contributed by atoms with Crippen LogP contribution in [-0.4, -0.2) is 45.6 Å². The molecule has 1 aliphatic heterocycles. The van der Waals surface area contributed by atoms with Gasteiger partial charge in [0.1, 0.15) is 16.6 Å². The number of rotatable bonds is 1. The summed E-state index contributed by atoms with van der Waals surface area (Å²) in [5.41, 5.74) is -0.570. The molecule has 3 rings (SSSR count). The van der Waals surface area contributed by atoms with Gasteiger partial charge in [0.25, 0.3) is 0 Å². The molecule has 0 radical (unpaired) electrons. The Labute approximate surface area is 146 Å². The number of piperidine rings is 1. The Kier molecular flexibility index (Phi) is 4.39. The molecule has 0 unspecified atom stereocenters. The normalized spacial score (nSPS) is 22.6. The van der Waals surface area contributed by atoms with Crippen LogP contribution in [-0.2, 0) is 4.74 Å². The van der Waals surface area contributed by atoms with Gasteiger partial charge in [-0.05, 0) is 49.2 Å². The third-order valence-electron chi connectivity index (χ3n) is 3.69. The van der Waals surface area contributed by atoms with Crippen molar-refractivity contribution < 1.29 is 13.9 Å². The second-order valence-corrected chi connectivity index (χ2v) is 9.13. The molecular formula is C15H19BrFN3O2S. The standard InChI is InChI=1S/C15H19BrFN3O2S/c1-15(2,3)22-14(21)19-5-4-11(10(17)8-19)20-7-9-6-12(16)23-13(9)18-20/h6-7,10-11H,4-5,8H2,1-3H3/t10-,11+/m0/s1. The van der Waals surface area contributed by atoms with Gasteiger partial charge in [-0.15, -0.1) is 11.3 Å². The molecule has 0 aliphatic carbocycles. The summed E-state index contributed by atoms with van der Waals surface area (Å²) in [5.74, 6) is 0. The van der Waals surface area contributed by atoms with E-state index in [1.165, 1.54) is 16.2 Å². The van der Waals surface area contributed by atoms with E-state index in [1.54, 1.807) is 25.5 Å². The van der Waals surface area contributed by atoms with Crippen molar-refractivity contribution >= 4 is 43.6 Å². The Morgan fingerprint density at radius 1 is 1.52 bits per heavy atom. The lowest BCUT2D eigenvalue weighted by Gasteiger charge is -2.35. The van der Waals surface area contributed by atoms with Crippen LogP contribution in [0.3, 0.4) is 0 Å². The summed E-state index contributed by atoms with van der Waals surface area (Å²) in [6.07, 6.45) is 0.783. The Morgan fingerprint density at radius 2 is 2.26 bits per heavy atom. The number of carbonyl (C=O) groups is 1. The first-order valence-electron chi connectivity index (χ1n) is 7.49. The largest absolute Gasteiger partial charge is 0.444 e. The number of amides is 1. The number of halogens is 2. The number of thiophene rings is 1. The van der Waals surface area contributed by atoms with Crippen molar-refractivity contribution in [2.75, 3.05) is 13.1 Å². The lowest BCUT2D eigenvalue weighted by molar-refractivity contribution is 0.00582. The van der Waals surface area contributed by atoms with Gasteiger partial charge < -0.3 is 9.64 Å². The summed E-state index contributed by atoms with van der Waals surface area (Å²) < 4.78 is 22.6. The molecule has 1 fully saturated rings. The summed E-state index contributed by atoms with van der Waals surface area (Å²) in [4.78, 5) is 14.4. The lowest BCUT2D eigenvalue weighted by atomic mass is 10.0. The smallest absolute Gasteiger partial charge is 0.410 e. The van der Waals surface area contributed by atoms with Crippen LogP contribution in [0.4, 0.5) is 9.18 Å². The maximum Gasteiger partial charge on any atom is 0.410 e. The molecule has 8 heteroatoms. The fourth-order valence-corrected chi connectivity index (χ4v) is 4.11. The van der Waals surface area contributed by atoms with Gasteiger partial charge >= 0.3 is 6.09 Å². The Bertz CT molecular complexity index is 692. The summed E-state index contributed by atoms with van der Waals surface area (Å²) in [5, 5.41) is 5.47. The molecule has 23 heavy (non-hydrogen) atoms. The molecule has 126 valence electrons. The summed E-state index contributed by atoms with van der Waals surface area (Å²) >= 11 is 4.95. The van der Waals surface area contributed by atoms with Crippen LogP contribution in [0.15, 0.2) is 16.0 Å². The minimum absolute atomic E-state index is 0.0385. The second-order valence-electron chi connectivity index (χ2n) is 6.72. The van der Waals surface area contributed by atoms with Gasteiger partial charge in [0.05, 0.1) is 16.4 Å². The van der Waals surface area contributed by atoms with E-state index in [0.29, 0.717) is 13.0 Å². The van der Waals surface area contributed by atoms with Crippen molar-refractivity contribution in [2.24, 2.45) is 0 Å². The van der Waals surface area contributed by atoms with E-state index in [1.807, 2.05) is 12.3 Å². The molecule has 0 N–H and O–H groups in total. The molecule has 5 nitrogen and oxygen atoms in total. The zero-order valence-corrected chi connectivity index (χ0v) is 15.7. The van der Waals surface area contributed by atoms with E-state index in [-0.39, 0.29) is 12.6 Å². The van der Waals surface area contributed by atoms with Crippen LogP contribution >= 0.6 is 27.3 Å². The van der Waals surface area contributed by atoms with E-state index in [4.69, 9.17) is 4.74 Å². The van der Waals surface area contributed by atoms with Gasteiger partial charge in [-0.2, -0.15) is 5.10 Å². The summed E-state index contributed by atoms with van der Waals surface area (Å²) in [6.45, 7) is 5.92. The highest BCUT2D eigenvalue weighted by Gasteiger charge is 2.35. The van der Waals surface area contributed by atoms with Gasteiger partial charge in [-0.3, -0.25) is 4.68 Å². The van der Waals surface area contributed by atoms with Crippen LogP contribution in [0.25, 0.3) is 10.2 Å². The number of fused-ring (bicyclic) bond motifs is 1. The summed E-state index contributed by atoms with van der Waals surface area (Å²) in [6, 6.07) is 1.64. The zero-order chi connectivity index (χ0) is 16.8. The van der Waals surface area contributed by atoms with Crippen molar-refractivity contribution in [1.29, 1.82) is 0 Å². The van der Waals surface area contributed by atoms with Crippen LogP contribution in [0, 0.1) is 0 Å². The van der Waals surface area contributed by atoms with E-state index < -0.39 is 17.9 Å². The van der Waals surface area contributed by atoms with E-state index in [0.717, 1.165) is 14.0 Å². The Balaban J connectivity index is 1.68. The van der Waals surface area contributed by atoms with Crippen molar-refractivity contribution in [3.05, 3.63) is 16.0 Å². The topological polar surface area (TPSA) is 47.4 Å². The van der Waals surface area contributed by atoms with Crippen LogP contribution < -0.4 is 0 Å². The predicted molar refractivity (Wildman–Crippen MR) is 91.7 cm³/mol. The van der Waals surface area contributed by atoms with E-state index in [9.17, 15) is 9.18 Å². The van der Waals surface area contributed by atoms with Crippen LogP contribution in [0.2, 0.25) is 0 Å². The molecule has 0 spiro atoms. The summed E-state index contributed by atoms with van der Waals surface area (Å²) in [7, 11) is 0. The average Bonchev–Trinajstić information content (AvgIpc) is 2.93. The lowest BCUT2D eigenvalue weighted by Crippen LogP contribution is -2.47. The Hall–Kier alpha value is -1.15. The van der Waals surface area contributed by atoms with E-state index in [2.05, 4.69) is 21.0 Å². The molecule has 0 bridgehead atoms. The highest BCUT2D eigenvalue weighted by molar-refractivity contribution is 9.11. The van der Waals surface area contributed by atoms with Crippen molar-refractivity contribution in [3.63, 3.8) is 0 Å². The molecular weight excluding hydrogens is 385 g/mol. The molecule has 2 atom stereocenters. The number of ether oxygens (including phenoxy) is 1. The maximum atomic E-state index is 14.6. The number of alkyl halides is 1. The molecule has 3 heterocycles. The molecule has 0 aromatic carbocycles. The van der Waals surface area contributed by atoms with E-state index >= 15 is 0 Å². The quantitative estimate of drug-likeness (QED) is 0.709. The average molecular weight is 404 g/mol. The first-order chi connectivity index (χ1) is 10.7. The number of likely N-dealkylation sites (tertiary alicyclic amines) is 1. The Morgan fingerprint density at radius 3 is 2.87 bits per heavy atom. The fourth-order valence-electron chi connectivity index (χ4n) is 2.66. The van der Waals surface area contributed by atoms with Crippen molar-refractivity contribution in [3.8, 4) is 0 Å².